The summed E-state index contributed by atoms with van der Waals surface area (Å²) in [6, 6.07) is 4.03. The van der Waals surface area contributed by atoms with E-state index < -0.39 is 29.2 Å². The monoisotopic (exact) mass is 331 g/mol. The lowest BCUT2D eigenvalue weighted by atomic mass is 9.86. The molecule has 2 rings (SSSR count). The summed E-state index contributed by atoms with van der Waals surface area (Å²) in [6.07, 6.45) is -4.26. The number of aliphatic carboxylic acids is 1. The maximum Gasteiger partial charge on any atom is 0.416 e. The minimum Gasteiger partial charge on any atom is -0.481 e. The molecule has 0 aliphatic carbocycles. The number of amides is 1. The molecule has 0 aromatic heterocycles. The predicted molar refractivity (Wildman–Crippen MR) is 73.9 cm³/mol. The maximum absolute atomic E-state index is 12.7. The highest BCUT2D eigenvalue weighted by Gasteiger charge is 2.37. The van der Waals surface area contributed by atoms with Crippen LogP contribution in [0.2, 0.25) is 0 Å². The SMILES string of the molecule is O=C(O)CC1(NC(=O)c2cccc(C(F)(F)F)c2)CCOCC1. The van der Waals surface area contributed by atoms with Crippen molar-refractivity contribution >= 4 is 11.9 Å². The van der Waals surface area contributed by atoms with Crippen molar-refractivity contribution in [2.24, 2.45) is 0 Å². The molecule has 23 heavy (non-hydrogen) atoms. The maximum atomic E-state index is 12.7. The van der Waals surface area contributed by atoms with Gasteiger partial charge in [0, 0.05) is 18.8 Å². The fourth-order valence-electron chi connectivity index (χ4n) is 2.55. The smallest absolute Gasteiger partial charge is 0.416 e. The highest BCUT2D eigenvalue weighted by Crippen LogP contribution is 2.30. The number of carbonyl (C=O) groups excluding carboxylic acids is 1. The average Bonchev–Trinajstić information content (AvgIpc) is 2.46. The van der Waals surface area contributed by atoms with Crippen LogP contribution in [0.25, 0.3) is 0 Å². The van der Waals surface area contributed by atoms with Crippen LogP contribution >= 0.6 is 0 Å². The van der Waals surface area contributed by atoms with Gasteiger partial charge in [0.05, 0.1) is 17.5 Å². The minimum atomic E-state index is -4.55. The molecule has 1 aliphatic heterocycles. The molecule has 1 fully saturated rings. The first kappa shape index (κ1) is 17.3. The van der Waals surface area contributed by atoms with Gasteiger partial charge in [-0.2, -0.15) is 13.2 Å². The molecule has 1 aromatic rings. The van der Waals surface area contributed by atoms with Crippen molar-refractivity contribution in [2.45, 2.75) is 31.0 Å². The Labute approximate surface area is 130 Å². The number of nitrogens with one attached hydrogen (secondary N) is 1. The number of halogens is 3. The fourth-order valence-corrected chi connectivity index (χ4v) is 2.55. The van der Waals surface area contributed by atoms with E-state index in [9.17, 15) is 22.8 Å². The van der Waals surface area contributed by atoms with Gasteiger partial charge in [-0.15, -0.1) is 0 Å². The largest absolute Gasteiger partial charge is 0.481 e. The Balaban J connectivity index is 2.20. The zero-order chi connectivity index (χ0) is 17.1. The molecule has 1 amide bonds. The Bertz CT molecular complexity index is 595. The lowest BCUT2D eigenvalue weighted by Crippen LogP contribution is -2.53. The van der Waals surface area contributed by atoms with E-state index in [-0.39, 0.29) is 25.2 Å². The van der Waals surface area contributed by atoms with Gasteiger partial charge in [-0.3, -0.25) is 9.59 Å². The molecule has 0 saturated carbocycles. The van der Waals surface area contributed by atoms with Crippen LogP contribution in [-0.2, 0) is 15.7 Å². The van der Waals surface area contributed by atoms with E-state index in [4.69, 9.17) is 9.84 Å². The first-order valence-corrected chi connectivity index (χ1v) is 7.01. The third-order valence-electron chi connectivity index (χ3n) is 3.77. The Morgan fingerprint density at radius 1 is 1.26 bits per heavy atom. The second-order valence-corrected chi connectivity index (χ2v) is 5.50. The molecule has 1 heterocycles. The summed E-state index contributed by atoms with van der Waals surface area (Å²) in [6.45, 7) is 0.576. The molecule has 1 aromatic carbocycles. The van der Waals surface area contributed by atoms with Crippen LogP contribution in [-0.4, -0.2) is 35.7 Å². The number of hydrogen-bond acceptors (Lipinski definition) is 3. The first-order valence-electron chi connectivity index (χ1n) is 7.01. The summed E-state index contributed by atoms with van der Waals surface area (Å²) < 4.78 is 43.3. The van der Waals surface area contributed by atoms with Gasteiger partial charge < -0.3 is 15.2 Å². The topological polar surface area (TPSA) is 75.6 Å². The third-order valence-corrected chi connectivity index (χ3v) is 3.77. The van der Waals surface area contributed by atoms with Gasteiger partial charge in [-0.1, -0.05) is 6.07 Å². The lowest BCUT2D eigenvalue weighted by Gasteiger charge is -2.36. The molecular weight excluding hydrogens is 315 g/mol. The zero-order valence-corrected chi connectivity index (χ0v) is 12.2. The molecule has 8 heteroatoms. The second kappa shape index (κ2) is 6.57. The van der Waals surface area contributed by atoms with E-state index in [1.807, 2.05) is 0 Å². The van der Waals surface area contributed by atoms with Crippen LogP contribution in [0.4, 0.5) is 13.2 Å². The van der Waals surface area contributed by atoms with Crippen LogP contribution in [0.1, 0.15) is 35.2 Å². The Morgan fingerprint density at radius 2 is 1.91 bits per heavy atom. The van der Waals surface area contributed by atoms with Gasteiger partial charge in [0.25, 0.3) is 5.91 Å². The van der Waals surface area contributed by atoms with Crippen molar-refractivity contribution in [3.63, 3.8) is 0 Å². The summed E-state index contributed by atoms with van der Waals surface area (Å²) in [5, 5.41) is 11.6. The van der Waals surface area contributed by atoms with Crippen LogP contribution in [0.15, 0.2) is 24.3 Å². The molecule has 126 valence electrons. The van der Waals surface area contributed by atoms with E-state index >= 15 is 0 Å². The third kappa shape index (κ3) is 4.44. The highest BCUT2D eigenvalue weighted by molar-refractivity contribution is 5.95. The number of rotatable bonds is 4. The van der Waals surface area contributed by atoms with Crippen molar-refractivity contribution in [2.75, 3.05) is 13.2 Å². The molecule has 0 atom stereocenters. The molecule has 1 saturated heterocycles. The molecule has 5 nitrogen and oxygen atoms in total. The molecule has 0 spiro atoms. The van der Waals surface area contributed by atoms with Crippen LogP contribution in [0.5, 0.6) is 0 Å². The van der Waals surface area contributed by atoms with Crippen molar-refractivity contribution in [1.82, 2.24) is 5.32 Å². The van der Waals surface area contributed by atoms with Crippen LogP contribution in [0.3, 0.4) is 0 Å². The van der Waals surface area contributed by atoms with E-state index in [1.165, 1.54) is 6.07 Å². The van der Waals surface area contributed by atoms with Gasteiger partial charge in [0.2, 0.25) is 0 Å². The number of hydrogen-bond donors (Lipinski definition) is 2. The number of carboxylic acids is 1. The summed E-state index contributed by atoms with van der Waals surface area (Å²) in [5.74, 6) is -1.81. The molecular formula is C15H16F3NO4. The van der Waals surface area contributed by atoms with Crippen molar-refractivity contribution in [1.29, 1.82) is 0 Å². The standard InChI is InChI=1S/C15H16F3NO4/c16-15(17,18)11-3-1-2-10(8-11)13(22)19-14(9-12(20)21)4-6-23-7-5-14/h1-3,8H,4-7,9H2,(H,19,22)(H,20,21). The van der Waals surface area contributed by atoms with E-state index in [0.717, 1.165) is 18.2 Å². The van der Waals surface area contributed by atoms with Gasteiger partial charge in [0.15, 0.2) is 0 Å². The van der Waals surface area contributed by atoms with E-state index in [0.29, 0.717) is 12.8 Å². The minimum absolute atomic E-state index is 0.156. The van der Waals surface area contributed by atoms with E-state index in [1.54, 1.807) is 0 Å². The predicted octanol–water partition coefficient (Wildman–Crippen LogP) is 2.46. The Hall–Kier alpha value is -2.09. The number of carboxylic acid groups (broad SMARTS) is 1. The zero-order valence-electron chi connectivity index (χ0n) is 12.2. The first-order chi connectivity index (χ1) is 10.7. The van der Waals surface area contributed by atoms with Crippen molar-refractivity contribution < 1.29 is 32.6 Å². The van der Waals surface area contributed by atoms with Crippen LogP contribution in [0, 0.1) is 0 Å². The molecule has 2 N–H and O–H groups in total. The quantitative estimate of drug-likeness (QED) is 0.889. The van der Waals surface area contributed by atoms with Gasteiger partial charge >= 0.3 is 12.1 Å². The summed E-state index contributed by atoms with van der Waals surface area (Å²) >= 11 is 0. The van der Waals surface area contributed by atoms with Gasteiger partial charge in [-0.25, -0.2) is 0 Å². The summed E-state index contributed by atoms with van der Waals surface area (Å²) in [4.78, 5) is 23.3. The number of ether oxygens (including phenoxy) is 1. The Morgan fingerprint density at radius 3 is 2.48 bits per heavy atom. The lowest BCUT2D eigenvalue weighted by molar-refractivity contribution is -0.139. The molecule has 0 radical (unpaired) electrons. The average molecular weight is 331 g/mol. The second-order valence-electron chi connectivity index (χ2n) is 5.50. The number of alkyl halides is 3. The highest BCUT2D eigenvalue weighted by atomic mass is 19.4. The molecule has 1 aliphatic rings. The molecule has 0 unspecified atom stereocenters. The fraction of sp³-hybridized carbons (Fsp3) is 0.467. The van der Waals surface area contributed by atoms with Crippen molar-refractivity contribution in [3.8, 4) is 0 Å². The van der Waals surface area contributed by atoms with Crippen LogP contribution < -0.4 is 5.32 Å². The summed E-state index contributed by atoms with van der Waals surface area (Å²) in [7, 11) is 0. The Kier molecular flexibility index (Phi) is 4.93. The van der Waals surface area contributed by atoms with Crippen molar-refractivity contribution in [3.05, 3.63) is 35.4 Å². The number of carbonyl (C=O) groups is 2. The van der Waals surface area contributed by atoms with E-state index in [2.05, 4.69) is 5.32 Å². The van der Waals surface area contributed by atoms with Gasteiger partial charge in [0.1, 0.15) is 0 Å². The van der Waals surface area contributed by atoms with Gasteiger partial charge in [-0.05, 0) is 31.0 Å². The molecule has 0 bridgehead atoms. The number of benzene rings is 1. The normalized spacial score (nSPS) is 17.5. The summed E-state index contributed by atoms with van der Waals surface area (Å²) in [5.41, 5.74) is -2.09.